The zero-order valence-corrected chi connectivity index (χ0v) is 15.5. The van der Waals surface area contributed by atoms with Crippen molar-refractivity contribution in [3.63, 3.8) is 0 Å². The average Bonchev–Trinajstić information content (AvgIpc) is 3.38. The number of hydrogen-bond acceptors (Lipinski definition) is 4. The van der Waals surface area contributed by atoms with E-state index in [0.29, 0.717) is 5.69 Å². The molecule has 0 atom stereocenters. The van der Waals surface area contributed by atoms with E-state index in [2.05, 4.69) is 28.1 Å². The van der Waals surface area contributed by atoms with Gasteiger partial charge in [-0.1, -0.05) is 30.3 Å². The lowest BCUT2D eigenvalue weighted by molar-refractivity contribution is -0.123. The molecule has 0 aliphatic heterocycles. The second-order valence-electron chi connectivity index (χ2n) is 6.69. The molecule has 2 aromatic carbocycles. The summed E-state index contributed by atoms with van der Waals surface area (Å²) < 4.78 is 4.94. The zero-order valence-electron chi connectivity index (χ0n) is 15.5. The number of carbonyl (C=O) groups is 3. The van der Waals surface area contributed by atoms with E-state index in [-0.39, 0.29) is 24.8 Å². The van der Waals surface area contributed by atoms with Crippen molar-refractivity contribution in [2.45, 2.75) is 6.42 Å². The second-order valence-corrected chi connectivity index (χ2v) is 6.69. The molecule has 0 saturated carbocycles. The summed E-state index contributed by atoms with van der Waals surface area (Å²) in [6.07, 6.45) is 2.26. The first-order valence-corrected chi connectivity index (χ1v) is 9.19. The minimum absolute atomic E-state index is 0.119. The number of anilines is 1. The van der Waals surface area contributed by atoms with Gasteiger partial charge in [-0.2, -0.15) is 0 Å². The van der Waals surface area contributed by atoms with Crippen LogP contribution in [0.2, 0.25) is 0 Å². The molecular weight excluding hydrogens is 370 g/mol. The maximum atomic E-state index is 12.2. The molecule has 0 fully saturated rings. The Labute approximate surface area is 167 Å². The summed E-state index contributed by atoms with van der Waals surface area (Å²) in [7, 11) is 0. The van der Waals surface area contributed by atoms with Gasteiger partial charge in [-0.05, 0) is 52.9 Å². The summed E-state index contributed by atoms with van der Waals surface area (Å²) >= 11 is 0. The quantitative estimate of drug-likeness (QED) is 0.471. The van der Waals surface area contributed by atoms with E-state index in [1.165, 1.54) is 29.0 Å². The number of furan rings is 1. The van der Waals surface area contributed by atoms with Gasteiger partial charge in [0.2, 0.25) is 11.8 Å². The molecule has 3 amide bonds. The first-order valence-electron chi connectivity index (χ1n) is 9.19. The molecule has 0 radical (unpaired) electrons. The fraction of sp³-hybridized carbons (Fsp3) is 0.136. The summed E-state index contributed by atoms with van der Waals surface area (Å²) in [5.74, 6) is -1.19. The Morgan fingerprint density at radius 2 is 1.62 bits per heavy atom. The molecule has 4 rings (SSSR count). The highest BCUT2D eigenvalue weighted by Gasteiger charge is 2.18. The largest absolute Gasteiger partial charge is 0.459 e. The van der Waals surface area contributed by atoms with Crippen molar-refractivity contribution in [1.82, 2.24) is 10.6 Å². The molecule has 0 unspecified atom stereocenters. The summed E-state index contributed by atoms with van der Waals surface area (Å²) in [6, 6.07) is 17.1. The summed E-state index contributed by atoms with van der Waals surface area (Å²) in [6.45, 7) is -0.439. The molecule has 1 heterocycles. The smallest absolute Gasteiger partial charge is 0.287 e. The minimum atomic E-state index is -0.493. The van der Waals surface area contributed by atoms with Gasteiger partial charge in [0, 0.05) is 5.69 Å². The molecule has 146 valence electrons. The Kier molecular flexibility index (Phi) is 5.11. The molecule has 29 heavy (non-hydrogen) atoms. The van der Waals surface area contributed by atoms with E-state index < -0.39 is 11.8 Å². The highest BCUT2D eigenvalue weighted by atomic mass is 16.3. The van der Waals surface area contributed by atoms with E-state index in [4.69, 9.17) is 4.42 Å². The Hall–Kier alpha value is -3.87. The van der Waals surface area contributed by atoms with Crippen LogP contribution in [-0.2, 0) is 16.0 Å². The number of fused-ring (bicyclic) bond motifs is 3. The molecule has 0 bridgehead atoms. The third kappa shape index (κ3) is 4.19. The Balaban J connectivity index is 1.27. The second kappa shape index (κ2) is 8.02. The van der Waals surface area contributed by atoms with Crippen LogP contribution in [0.1, 0.15) is 21.7 Å². The maximum absolute atomic E-state index is 12.2. The normalized spacial score (nSPS) is 11.3. The van der Waals surface area contributed by atoms with Crippen LogP contribution >= 0.6 is 0 Å². The van der Waals surface area contributed by atoms with Crippen LogP contribution < -0.4 is 16.0 Å². The van der Waals surface area contributed by atoms with Crippen LogP contribution in [0.15, 0.2) is 65.3 Å². The molecule has 7 nitrogen and oxygen atoms in total. The average molecular weight is 389 g/mol. The third-order valence-electron chi connectivity index (χ3n) is 4.68. The SMILES string of the molecule is O=C(CNC(=O)c1ccco1)NCC(=O)Nc1ccc2c(c1)-c1ccccc1C2. The van der Waals surface area contributed by atoms with Gasteiger partial charge in [0.1, 0.15) is 0 Å². The van der Waals surface area contributed by atoms with E-state index in [0.717, 1.165) is 12.0 Å². The van der Waals surface area contributed by atoms with E-state index in [1.807, 2.05) is 30.3 Å². The molecule has 1 aliphatic rings. The molecule has 7 heteroatoms. The van der Waals surface area contributed by atoms with Gasteiger partial charge in [-0.25, -0.2) is 0 Å². The fourth-order valence-corrected chi connectivity index (χ4v) is 3.30. The van der Waals surface area contributed by atoms with Crippen molar-refractivity contribution in [3.8, 4) is 11.1 Å². The summed E-state index contributed by atoms with van der Waals surface area (Å²) in [5, 5.41) is 7.68. The van der Waals surface area contributed by atoms with Crippen LogP contribution in [0.3, 0.4) is 0 Å². The van der Waals surface area contributed by atoms with Gasteiger partial charge < -0.3 is 20.4 Å². The first-order chi connectivity index (χ1) is 14.1. The van der Waals surface area contributed by atoms with Crippen molar-refractivity contribution in [1.29, 1.82) is 0 Å². The van der Waals surface area contributed by atoms with Crippen molar-refractivity contribution < 1.29 is 18.8 Å². The number of carbonyl (C=O) groups excluding carboxylic acids is 3. The standard InChI is InChI=1S/C22H19N3O4/c26-20(12-24-22(28)19-6-3-9-29-19)23-13-21(27)25-16-8-7-15-10-14-4-1-2-5-17(14)18(15)11-16/h1-9,11H,10,12-13H2,(H,23,26)(H,24,28)(H,25,27). The van der Waals surface area contributed by atoms with Crippen molar-refractivity contribution in [2.75, 3.05) is 18.4 Å². The third-order valence-corrected chi connectivity index (χ3v) is 4.68. The van der Waals surface area contributed by atoms with Gasteiger partial charge >= 0.3 is 0 Å². The van der Waals surface area contributed by atoms with Gasteiger partial charge in [-0.3, -0.25) is 14.4 Å². The van der Waals surface area contributed by atoms with Crippen molar-refractivity contribution in [2.24, 2.45) is 0 Å². The molecule has 0 saturated heterocycles. The van der Waals surface area contributed by atoms with Crippen LogP contribution in [0.25, 0.3) is 11.1 Å². The van der Waals surface area contributed by atoms with Crippen molar-refractivity contribution >= 4 is 23.4 Å². The van der Waals surface area contributed by atoms with Crippen LogP contribution in [-0.4, -0.2) is 30.8 Å². The lowest BCUT2D eigenvalue weighted by Crippen LogP contribution is -2.40. The van der Waals surface area contributed by atoms with Gasteiger partial charge in [0.25, 0.3) is 5.91 Å². The molecule has 3 aromatic rings. The Morgan fingerprint density at radius 1 is 0.828 bits per heavy atom. The molecular formula is C22H19N3O4. The molecule has 1 aromatic heterocycles. The topological polar surface area (TPSA) is 100 Å². The lowest BCUT2D eigenvalue weighted by atomic mass is 10.1. The monoisotopic (exact) mass is 389 g/mol. The van der Waals surface area contributed by atoms with E-state index in [1.54, 1.807) is 6.07 Å². The predicted molar refractivity (Wildman–Crippen MR) is 107 cm³/mol. The predicted octanol–water partition coefficient (Wildman–Crippen LogP) is 2.34. The maximum Gasteiger partial charge on any atom is 0.287 e. The van der Waals surface area contributed by atoms with Gasteiger partial charge in [0.15, 0.2) is 5.76 Å². The molecule has 3 N–H and O–H groups in total. The van der Waals surface area contributed by atoms with Crippen LogP contribution in [0.5, 0.6) is 0 Å². The minimum Gasteiger partial charge on any atom is -0.459 e. The van der Waals surface area contributed by atoms with Gasteiger partial charge in [0.05, 0.1) is 19.4 Å². The lowest BCUT2D eigenvalue weighted by Gasteiger charge is -2.09. The highest BCUT2D eigenvalue weighted by Crippen LogP contribution is 2.37. The number of rotatable bonds is 6. The molecule has 0 spiro atoms. The summed E-state index contributed by atoms with van der Waals surface area (Å²) in [5.41, 5.74) is 5.47. The van der Waals surface area contributed by atoms with Crippen molar-refractivity contribution in [3.05, 3.63) is 77.7 Å². The van der Waals surface area contributed by atoms with Gasteiger partial charge in [-0.15, -0.1) is 0 Å². The van der Waals surface area contributed by atoms with Crippen LogP contribution in [0.4, 0.5) is 5.69 Å². The number of hydrogen-bond donors (Lipinski definition) is 3. The van der Waals surface area contributed by atoms with Crippen LogP contribution in [0, 0.1) is 0 Å². The number of amides is 3. The number of benzene rings is 2. The van der Waals surface area contributed by atoms with E-state index in [9.17, 15) is 14.4 Å². The van der Waals surface area contributed by atoms with E-state index >= 15 is 0 Å². The number of nitrogens with one attached hydrogen (secondary N) is 3. The molecule has 1 aliphatic carbocycles. The fourth-order valence-electron chi connectivity index (χ4n) is 3.30. The first kappa shape index (κ1) is 18.5. The zero-order chi connectivity index (χ0) is 20.2. The summed E-state index contributed by atoms with van der Waals surface area (Å²) in [4.78, 5) is 35.7. The highest BCUT2D eigenvalue weighted by molar-refractivity contribution is 5.97. The Bertz CT molecular complexity index is 1070. The Morgan fingerprint density at radius 3 is 2.45 bits per heavy atom.